The van der Waals surface area contributed by atoms with Gasteiger partial charge in [-0.15, -0.1) is 0 Å². The first-order chi connectivity index (χ1) is 9.44. The Morgan fingerprint density at radius 3 is 2.15 bits per heavy atom. The first-order valence-electron chi connectivity index (χ1n) is 6.51. The smallest absolute Gasteiger partial charge is 0.251 e. The normalized spacial score (nSPS) is 9.85. The number of rotatable bonds is 2. The lowest BCUT2D eigenvalue weighted by Gasteiger charge is -1.96. The third-order valence-electron chi connectivity index (χ3n) is 2.50. The van der Waals surface area contributed by atoms with Crippen molar-refractivity contribution < 1.29 is 0 Å². The summed E-state index contributed by atoms with van der Waals surface area (Å²) in [7, 11) is 0. The highest BCUT2D eigenvalue weighted by atomic mass is 35.5. The maximum Gasteiger partial charge on any atom is 0.251 e. The number of nitrogens with one attached hydrogen (secondary N) is 1. The third kappa shape index (κ3) is 5.48. The van der Waals surface area contributed by atoms with Gasteiger partial charge in [-0.25, -0.2) is 15.0 Å². The van der Waals surface area contributed by atoms with Gasteiger partial charge in [0.25, 0.3) is 5.56 Å². The predicted molar refractivity (Wildman–Crippen MR) is 80.1 cm³/mol. The van der Waals surface area contributed by atoms with Crippen LogP contribution in [0.1, 0.15) is 36.9 Å². The molecule has 0 aromatic carbocycles. The van der Waals surface area contributed by atoms with Crippen LogP contribution < -0.4 is 5.56 Å². The van der Waals surface area contributed by atoms with Crippen molar-refractivity contribution in [1.29, 1.82) is 0 Å². The van der Waals surface area contributed by atoms with Gasteiger partial charge in [-0.1, -0.05) is 25.4 Å². The van der Waals surface area contributed by atoms with Crippen LogP contribution in [-0.4, -0.2) is 19.9 Å². The van der Waals surface area contributed by atoms with Gasteiger partial charge in [0, 0.05) is 17.5 Å². The van der Waals surface area contributed by atoms with Crippen molar-refractivity contribution >= 4 is 11.6 Å². The molecular weight excluding hydrogens is 276 g/mol. The molecule has 2 heterocycles. The minimum atomic E-state index is -0.0654. The van der Waals surface area contributed by atoms with Gasteiger partial charge >= 0.3 is 0 Å². The maximum absolute atomic E-state index is 10.8. The van der Waals surface area contributed by atoms with Crippen LogP contribution in [0.4, 0.5) is 0 Å². The Labute approximate surface area is 123 Å². The summed E-state index contributed by atoms with van der Waals surface area (Å²) in [6.07, 6.45) is 1.72. The van der Waals surface area contributed by atoms with Gasteiger partial charge in [-0.2, -0.15) is 0 Å². The molecule has 0 aliphatic carbocycles. The summed E-state index contributed by atoms with van der Waals surface area (Å²) >= 11 is 5.68. The summed E-state index contributed by atoms with van der Waals surface area (Å²) < 4.78 is 0. The molecule has 20 heavy (non-hydrogen) atoms. The van der Waals surface area contributed by atoms with Crippen molar-refractivity contribution in [2.45, 2.75) is 40.5 Å². The number of nitrogens with zero attached hydrogens (tertiary/aromatic N) is 3. The number of hydrogen-bond acceptors (Lipinski definition) is 4. The first-order valence-corrected chi connectivity index (χ1v) is 6.89. The second-order valence-corrected chi connectivity index (χ2v) is 4.65. The lowest BCUT2D eigenvalue weighted by Crippen LogP contribution is -2.09. The molecule has 0 aliphatic heterocycles. The zero-order chi connectivity index (χ0) is 15.1. The molecule has 5 nitrogen and oxygen atoms in total. The average Bonchev–Trinajstić information content (AvgIpc) is 2.37. The summed E-state index contributed by atoms with van der Waals surface area (Å²) in [4.78, 5) is 25.5. The van der Waals surface area contributed by atoms with Gasteiger partial charge in [0.15, 0.2) is 0 Å². The van der Waals surface area contributed by atoms with Crippen LogP contribution in [0.2, 0.25) is 5.15 Å². The molecule has 0 radical (unpaired) electrons. The summed E-state index contributed by atoms with van der Waals surface area (Å²) in [5.74, 6) is 1.42. The molecule has 0 spiro atoms. The fourth-order valence-electron chi connectivity index (χ4n) is 1.59. The molecule has 0 fully saturated rings. The van der Waals surface area contributed by atoms with E-state index in [1.807, 2.05) is 20.8 Å². The first kappa shape index (κ1) is 16.3. The fourth-order valence-corrected chi connectivity index (χ4v) is 1.84. The van der Waals surface area contributed by atoms with Crippen molar-refractivity contribution in [2.24, 2.45) is 0 Å². The molecule has 2 rings (SSSR count). The highest BCUT2D eigenvalue weighted by Gasteiger charge is 1.95. The van der Waals surface area contributed by atoms with E-state index in [0.29, 0.717) is 11.0 Å². The van der Waals surface area contributed by atoms with Crippen LogP contribution in [0, 0.1) is 13.8 Å². The summed E-state index contributed by atoms with van der Waals surface area (Å²) in [5.41, 5.74) is 1.78. The standard InChI is InChI=1S/C7H9ClN2.C7H10N2O/c1-3-6-4-7(8)10-5(2)9-6;1-3-6-4-7(10)9-5(2)8-6/h4H,3H2,1-2H3;4H,3H2,1-2H3,(H,8,9,10). The molecular formula is C14H19ClN4O. The molecule has 0 unspecified atom stereocenters. The Bertz CT molecular complexity index is 605. The summed E-state index contributed by atoms with van der Waals surface area (Å²) in [6, 6.07) is 3.31. The van der Waals surface area contributed by atoms with E-state index in [1.165, 1.54) is 6.07 Å². The van der Waals surface area contributed by atoms with Crippen molar-refractivity contribution in [1.82, 2.24) is 19.9 Å². The summed E-state index contributed by atoms with van der Waals surface area (Å²) in [5, 5.41) is 0.532. The Kier molecular flexibility index (Phi) is 6.31. The lowest BCUT2D eigenvalue weighted by atomic mass is 10.3. The van der Waals surface area contributed by atoms with Crippen molar-refractivity contribution in [3.05, 3.63) is 50.7 Å². The predicted octanol–water partition coefficient (Wildman–Crippen LogP) is 2.64. The number of aromatic nitrogens is 4. The van der Waals surface area contributed by atoms with E-state index >= 15 is 0 Å². The molecule has 0 aliphatic rings. The van der Waals surface area contributed by atoms with Gasteiger partial charge in [0.2, 0.25) is 0 Å². The Morgan fingerprint density at radius 1 is 1.05 bits per heavy atom. The molecule has 0 saturated heterocycles. The maximum atomic E-state index is 10.8. The fraction of sp³-hybridized carbons (Fsp3) is 0.429. The topological polar surface area (TPSA) is 71.5 Å². The van der Waals surface area contributed by atoms with Crippen LogP contribution >= 0.6 is 11.6 Å². The van der Waals surface area contributed by atoms with E-state index in [-0.39, 0.29) is 5.56 Å². The SMILES string of the molecule is CCc1cc(=O)[nH]c(C)n1.CCc1cc(Cl)nc(C)n1. The van der Waals surface area contributed by atoms with Gasteiger partial charge in [0.05, 0.1) is 0 Å². The Balaban J connectivity index is 0.000000200. The third-order valence-corrected chi connectivity index (χ3v) is 2.69. The lowest BCUT2D eigenvalue weighted by molar-refractivity contribution is 0.929. The molecule has 0 atom stereocenters. The number of aromatic amines is 1. The molecule has 2 aromatic rings. The number of halogens is 1. The molecule has 0 saturated carbocycles. The second-order valence-electron chi connectivity index (χ2n) is 4.26. The largest absolute Gasteiger partial charge is 0.311 e. The molecule has 6 heteroatoms. The number of aryl methyl sites for hydroxylation is 4. The number of H-pyrrole nitrogens is 1. The van der Waals surface area contributed by atoms with Crippen LogP contribution in [0.25, 0.3) is 0 Å². The van der Waals surface area contributed by atoms with Crippen LogP contribution in [0.3, 0.4) is 0 Å². The van der Waals surface area contributed by atoms with Crippen LogP contribution in [-0.2, 0) is 12.8 Å². The van der Waals surface area contributed by atoms with Gasteiger partial charge < -0.3 is 4.98 Å². The van der Waals surface area contributed by atoms with Gasteiger partial charge in [0.1, 0.15) is 16.8 Å². The van der Waals surface area contributed by atoms with Crippen LogP contribution in [0.15, 0.2) is 16.9 Å². The van der Waals surface area contributed by atoms with E-state index in [2.05, 4.69) is 19.9 Å². The van der Waals surface area contributed by atoms with E-state index in [9.17, 15) is 4.79 Å². The van der Waals surface area contributed by atoms with E-state index < -0.39 is 0 Å². The molecule has 108 valence electrons. The van der Waals surface area contributed by atoms with Crippen LogP contribution in [0.5, 0.6) is 0 Å². The molecule has 1 N–H and O–H groups in total. The Hall–Kier alpha value is -1.75. The molecule has 2 aromatic heterocycles. The number of hydrogen-bond donors (Lipinski definition) is 1. The molecule has 0 amide bonds. The van der Waals surface area contributed by atoms with E-state index in [1.54, 1.807) is 13.0 Å². The average molecular weight is 295 g/mol. The monoisotopic (exact) mass is 294 g/mol. The zero-order valence-corrected chi connectivity index (χ0v) is 13.0. The van der Waals surface area contributed by atoms with Gasteiger partial charge in [-0.05, 0) is 32.8 Å². The van der Waals surface area contributed by atoms with Gasteiger partial charge in [-0.3, -0.25) is 4.79 Å². The highest BCUT2D eigenvalue weighted by molar-refractivity contribution is 6.29. The highest BCUT2D eigenvalue weighted by Crippen LogP contribution is 2.06. The molecule has 0 bridgehead atoms. The van der Waals surface area contributed by atoms with Crippen molar-refractivity contribution in [3.8, 4) is 0 Å². The second kappa shape index (κ2) is 7.75. The minimum absolute atomic E-state index is 0.0654. The quantitative estimate of drug-likeness (QED) is 0.864. The van der Waals surface area contributed by atoms with Crippen molar-refractivity contribution in [3.63, 3.8) is 0 Å². The van der Waals surface area contributed by atoms with Crippen molar-refractivity contribution in [2.75, 3.05) is 0 Å². The van der Waals surface area contributed by atoms with E-state index in [0.717, 1.165) is 30.1 Å². The summed E-state index contributed by atoms with van der Waals surface area (Å²) in [6.45, 7) is 7.63. The zero-order valence-electron chi connectivity index (χ0n) is 12.2. The minimum Gasteiger partial charge on any atom is -0.311 e. The van der Waals surface area contributed by atoms with E-state index in [4.69, 9.17) is 11.6 Å². The Morgan fingerprint density at radius 2 is 1.65 bits per heavy atom.